The number of rotatable bonds is 9. The van der Waals surface area contributed by atoms with Gasteiger partial charge in [-0.1, -0.05) is 30.3 Å². The number of ketones is 1. The molecular formula is C15H22O3. The molecule has 0 spiro atoms. The molecule has 0 bridgehead atoms. The minimum Gasteiger partial charge on any atom is -0.300 e. The average molecular weight is 250 g/mol. The molecule has 0 saturated carbocycles. The minimum absolute atomic E-state index is 0.0418. The second-order valence-electron chi connectivity index (χ2n) is 4.56. The second-order valence-corrected chi connectivity index (χ2v) is 4.56. The number of carbonyl (C=O) groups excluding carboxylic acids is 1. The Kier molecular flexibility index (Phi) is 7.30. The van der Waals surface area contributed by atoms with Crippen LogP contribution in [0.5, 0.6) is 0 Å². The molecule has 18 heavy (non-hydrogen) atoms. The highest BCUT2D eigenvalue weighted by Gasteiger charge is 2.04. The smallest absolute Gasteiger partial charge is 0.129 e. The van der Waals surface area contributed by atoms with Crippen molar-refractivity contribution >= 4 is 5.78 Å². The molecule has 0 aliphatic rings. The van der Waals surface area contributed by atoms with E-state index in [0.717, 1.165) is 19.3 Å². The van der Waals surface area contributed by atoms with Gasteiger partial charge in [-0.2, -0.15) is 0 Å². The van der Waals surface area contributed by atoms with E-state index in [-0.39, 0.29) is 11.9 Å². The molecule has 0 aliphatic carbocycles. The molecule has 0 saturated heterocycles. The zero-order valence-electron chi connectivity index (χ0n) is 11.2. The molecule has 100 valence electrons. The third-order valence-electron chi connectivity index (χ3n) is 2.69. The maximum Gasteiger partial charge on any atom is 0.129 e. The second kappa shape index (κ2) is 8.84. The Hall–Kier alpha value is -1.19. The van der Waals surface area contributed by atoms with Gasteiger partial charge in [-0.3, -0.25) is 0 Å². The van der Waals surface area contributed by atoms with Gasteiger partial charge in [0, 0.05) is 6.42 Å². The molecule has 1 rings (SSSR count). The van der Waals surface area contributed by atoms with E-state index in [1.54, 1.807) is 6.92 Å². The Morgan fingerprint density at radius 3 is 2.67 bits per heavy atom. The Morgan fingerprint density at radius 2 is 2.00 bits per heavy atom. The first-order valence-corrected chi connectivity index (χ1v) is 6.50. The van der Waals surface area contributed by atoms with E-state index in [1.165, 1.54) is 5.56 Å². The van der Waals surface area contributed by atoms with E-state index in [4.69, 9.17) is 9.78 Å². The van der Waals surface area contributed by atoms with Crippen molar-refractivity contribution in [1.29, 1.82) is 0 Å². The topological polar surface area (TPSA) is 35.5 Å². The maximum absolute atomic E-state index is 10.8. The summed E-state index contributed by atoms with van der Waals surface area (Å²) in [5.74, 6) is 0.229. The van der Waals surface area contributed by atoms with Gasteiger partial charge in [0.1, 0.15) is 5.78 Å². The summed E-state index contributed by atoms with van der Waals surface area (Å²) in [5.41, 5.74) is 1.24. The third-order valence-corrected chi connectivity index (χ3v) is 2.69. The zero-order chi connectivity index (χ0) is 13.2. The molecule has 0 fully saturated rings. The normalized spacial score (nSPS) is 12.3. The van der Waals surface area contributed by atoms with Crippen molar-refractivity contribution in [3.05, 3.63) is 35.9 Å². The van der Waals surface area contributed by atoms with Crippen molar-refractivity contribution < 1.29 is 14.6 Å². The SMILES string of the molecule is CC(=O)CCCC(C)OOCCc1ccccc1. The maximum atomic E-state index is 10.8. The standard InChI is InChI=1S/C15H22O3/c1-13(16)7-6-8-14(2)18-17-12-11-15-9-4-3-5-10-15/h3-5,9-10,14H,6-8,11-12H2,1-2H3. The van der Waals surface area contributed by atoms with Crippen LogP contribution in [0.1, 0.15) is 38.7 Å². The molecule has 1 unspecified atom stereocenters. The predicted octanol–water partition coefficient (Wildman–Crippen LogP) is 3.33. The first kappa shape index (κ1) is 14.9. The fourth-order valence-electron chi connectivity index (χ4n) is 1.66. The lowest BCUT2D eigenvalue weighted by Gasteiger charge is -2.11. The highest BCUT2D eigenvalue weighted by molar-refractivity contribution is 5.75. The van der Waals surface area contributed by atoms with Crippen molar-refractivity contribution in [2.75, 3.05) is 6.61 Å². The number of hydrogen-bond donors (Lipinski definition) is 0. The van der Waals surface area contributed by atoms with Crippen molar-refractivity contribution in [3.8, 4) is 0 Å². The summed E-state index contributed by atoms with van der Waals surface area (Å²) in [6.45, 7) is 4.13. The van der Waals surface area contributed by atoms with E-state index in [0.29, 0.717) is 13.0 Å². The van der Waals surface area contributed by atoms with Crippen LogP contribution in [0.25, 0.3) is 0 Å². The summed E-state index contributed by atoms with van der Waals surface area (Å²) < 4.78 is 0. The number of hydrogen-bond acceptors (Lipinski definition) is 3. The van der Waals surface area contributed by atoms with Crippen LogP contribution in [-0.4, -0.2) is 18.5 Å². The van der Waals surface area contributed by atoms with Crippen LogP contribution < -0.4 is 0 Å². The lowest BCUT2D eigenvalue weighted by atomic mass is 10.1. The van der Waals surface area contributed by atoms with Crippen molar-refractivity contribution in [2.24, 2.45) is 0 Å². The van der Waals surface area contributed by atoms with Crippen LogP contribution in [0.4, 0.5) is 0 Å². The third kappa shape index (κ3) is 7.20. The molecule has 0 N–H and O–H groups in total. The van der Waals surface area contributed by atoms with Crippen LogP contribution in [-0.2, 0) is 21.0 Å². The van der Waals surface area contributed by atoms with Crippen molar-refractivity contribution in [3.63, 3.8) is 0 Å². The van der Waals surface area contributed by atoms with Gasteiger partial charge in [0.05, 0.1) is 12.7 Å². The van der Waals surface area contributed by atoms with Gasteiger partial charge in [0.2, 0.25) is 0 Å². The number of benzene rings is 1. The molecule has 3 heteroatoms. The van der Waals surface area contributed by atoms with Gasteiger partial charge < -0.3 is 4.79 Å². The molecule has 0 aromatic heterocycles. The lowest BCUT2D eigenvalue weighted by Crippen LogP contribution is -2.11. The highest BCUT2D eigenvalue weighted by atomic mass is 17.2. The summed E-state index contributed by atoms with van der Waals surface area (Å²) in [7, 11) is 0. The van der Waals surface area contributed by atoms with E-state index in [9.17, 15) is 4.79 Å². The summed E-state index contributed by atoms with van der Waals surface area (Å²) in [6.07, 6.45) is 3.22. The first-order valence-electron chi connectivity index (χ1n) is 6.50. The Morgan fingerprint density at radius 1 is 1.28 bits per heavy atom. The molecule has 0 radical (unpaired) electrons. The lowest BCUT2D eigenvalue weighted by molar-refractivity contribution is -0.321. The van der Waals surface area contributed by atoms with Gasteiger partial charge in [-0.05, 0) is 38.7 Å². The Bertz CT molecular complexity index is 335. The van der Waals surface area contributed by atoms with Gasteiger partial charge in [-0.25, -0.2) is 9.78 Å². The fourth-order valence-corrected chi connectivity index (χ4v) is 1.66. The molecule has 1 aromatic carbocycles. The van der Waals surface area contributed by atoms with Crippen LogP contribution in [0, 0.1) is 0 Å². The van der Waals surface area contributed by atoms with E-state index < -0.39 is 0 Å². The van der Waals surface area contributed by atoms with E-state index in [1.807, 2.05) is 25.1 Å². The van der Waals surface area contributed by atoms with E-state index >= 15 is 0 Å². The molecule has 0 amide bonds. The average Bonchev–Trinajstić information content (AvgIpc) is 2.35. The van der Waals surface area contributed by atoms with Gasteiger partial charge in [-0.15, -0.1) is 0 Å². The molecule has 0 heterocycles. The summed E-state index contributed by atoms with van der Waals surface area (Å²) in [5, 5.41) is 0. The quantitative estimate of drug-likeness (QED) is 0.383. The van der Waals surface area contributed by atoms with Gasteiger partial charge in [0.25, 0.3) is 0 Å². The largest absolute Gasteiger partial charge is 0.300 e. The van der Waals surface area contributed by atoms with Gasteiger partial charge in [0.15, 0.2) is 0 Å². The zero-order valence-corrected chi connectivity index (χ0v) is 11.2. The molecule has 3 nitrogen and oxygen atoms in total. The van der Waals surface area contributed by atoms with Crippen LogP contribution >= 0.6 is 0 Å². The van der Waals surface area contributed by atoms with Gasteiger partial charge >= 0.3 is 0 Å². The predicted molar refractivity (Wildman–Crippen MR) is 71.2 cm³/mol. The highest BCUT2D eigenvalue weighted by Crippen LogP contribution is 2.06. The summed E-state index contributed by atoms with van der Waals surface area (Å²) >= 11 is 0. The van der Waals surface area contributed by atoms with Crippen LogP contribution in [0.2, 0.25) is 0 Å². The van der Waals surface area contributed by atoms with E-state index in [2.05, 4.69) is 12.1 Å². The number of Topliss-reactive ketones (excluding diaryl/α,β-unsaturated/α-hetero) is 1. The molecule has 1 aromatic rings. The fraction of sp³-hybridized carbons (Fsp3) is 0.533. The molecular weight excluding hydrogens is 228 g/mol. The van der Waals surface area contributed by atoms with Crippen molar-refractivity contribution in [1.82, 2.24) is 0 Å². The molecule has 0 aliphatic heterocycles. The summed E-state index contributed by atoms with van der Waals surface area (Å²) in [4.78, 5) is 21.2. The van der Waals surface area contributed by atoms with Crippen LogP contribution in [0.3, 0.4) is 0 Å². The Balaban J connectivity index is 2.02. The number of carbonyl (C=O) groups is 1. The molecule has 1 atom stereocenters. The van der Waals surface area contributed by atoms with Crippen LogP contribution in [0.15, 0.2) is 30.3 Å². The Labute approximate surface area is 109 Å². The first-order chi connectivity index (χ1) is 8.68. The van der Waals surface area contributed by atoms with Crippen molar-refractivity contribution in [2.45, 2.75) is 45.6 Å². The monoisotopic (exact) mass is 250 g/mol. The summed E-state index contributed by atoms with van der Waals surface area (Å²) in [6, 6.07) is 10.2. The minimum atomic E-state index is 0.0418.